The highest BCUT2D eigenvalue weighted by molar-refractivity contribution is 9.10. The highest BCUT2D eigenvalue weighted by Gasteiger charge is 2.11. The van der Waals surface area contributed by atoms with Crippen molar-refractivity contribution in [2.45, 2.75) is 29.1 Å². The number of carbonyl (C=O) groups is 3. The third-order valence-corrected chi connectivity index (χ3v) is 5.98. The lowest BCUT2D eigenvalue weighted by Crippen LogP contribution is -2.15. The van der Waals surface area contributed by atoms with Crippen molar-refractivity contribution >= 4 is 51.0 Å². The largest absolute Gasteiger partial charge is 0.457 e. The van der Waals surface area contributed by atoms with Crippen LogP contribution in [0, 0.1) is 0 Å². The number of nitrogens with one attached hydrogen (secondary N) is 1. The van der Waals surface area contributed by atoms with Gasteiger partial charge in [0.2, 0.25) is 5.91 Å². The van der Waals surface area contributed by atoms with E-state index in [0.717, 1.165) is 14.3 Å². The van der Waals surface area contributed by atoms with Crippen molar-refractivity contribution in [1.29, 1.82) is 0 Å². The van der Waals surface area contributed by atoms with Crippen molar-refractivity contribution in [3.05, 3.63) is 88.9 Å². The Morgan fingerprint density at radius 2 is 1.47 bits per heavy atom. The maximum absolute atomic E-state index is 12.1. The summed E-state index contributed by atoms with van der Waals surface area (Å²) in [4.78, 5) is 38.2. The van der Waals surface area contributed by atoms with Gasteiger partial charge in [0.05, 0.1) is 0 Å². The van der Waals surface area contributed by atoms with Crippen molar-refractivity contribution < 1.29 is 19.1 Å². The molecule has 32 heavy (non-hydrogen) atoms. The SMILES string of the molecule is O=C(CCCC(=O)OCC(=O)c1ccc(Br)cc1)Nc1ccc(Sc2ccccc2)cc1. The first kappa shape index (κ1) is 23.8. The molecule has 0 fully saturated rings. The molecule has 0 aliphatic heterocycles. The van der Waals surface area contributed by atoms with E-state index in [1.165, 1.54) is 0 Å². The molecule has 0 atom stereocenters. The number of benzene rings is 3. The zero-order valence-corrected chi connectivity index (χ0v) is 19.7. The molecule has 0 radical (unpaired) electrons. The molecule has 0 saturated carbocycles. The van der Waals surface area contributed by atoms with Gasteiger partial charge in [0.25, 0.3) is 0 Å². The fourth-order valence-electron chi connectivity index (χ4n) is 2.79. The minimum atomic E-state index is -0.495. The molecule has 164 valence electrons. The van der Waals surface area contributed by atoms with Crippen LogP contribution in [0.2, 0.25) is 0 Å². The summed E-state index contributed by atoms with van der Waals surface area (Å²) >= 11 is 4.95. The summed E-state index contributed by atoms with van der Waals surface area (Å²) in [7, 11) is 0. The Morgan fingerprint density at radius 3 is 2.16 bits per heavy atom. The highest BCUT2D eigenvalue weighted by Crippen LogP contribution is 2.28. The van der Waals surface area contributed by atoms with E-state index in [2.05, 4.69) is 21.2 Å². The third-order valence-electron chi connectivity index (χ3n) is 4.43. The highest BCUT2D eigenvalue weighted by atomic mass is 79.9. The molecule has 0 aliphatic carbocycles. The van der Waals surface area contributed by atoms with Gasteiger partial charge in [-0.3, -0.25) is 14.4 Å². The summed E-state index contributed by atoms with van der Waals surface area (Å²) in [5.41, 5.74) is 1.18. The molecule has 0 heterocycles. The predicted octanol–water partition coefficient (Wildman–Crippen LogP) is 6.14. The van der Waals surface area contributed by atoms with Crippen LogP contribution in [0.25, 0.3) is 0 Å². The summed E-state index contributed by atoms with van der Waals surface area (Å²) in [5.74, 6) is -0.935. The minimum Gasteiger partial charge on any atom is -0.457 e. The normalized spacial score (nSPS) is 10.4. The van der Waals surface area contributed by atoms with E-state index in [4.69, 9.17) is 4.74 Å². The first-order valence-electron chi connectivity index (χ1n) is 10.1. The molecule has 3 rings (SSSR count). The number of halogens is 1. The molecule has 0 bridgehead atoms. The van der Waals surface area contributed by atoms with Gasteiger partial charge in [-0.15, -0.1) is 0 Å². The number of rotatable bonds is 10. The number of hydrogen-bond acceptors (Lipinski definition) is 5. The van der Waals surface area contributed by atoms with E-state index in [-0.39, 0.29) is 31.1 Å². The van der Waals surface area contributed by atoms with Gasteiger partial charge in [0, 0.05) is 38.4 Å². The maximum Gasteiger partial charge on any atom is 0.306 e. The third kappa shape index (κ3) is 7.98. The lowest BCUT2D eigenvalue weighted by Gasteiger charge is -2.07. The molecule has 0 unspecified atom stereocenters. The van der Waals surface area contributed by atoms with Crippen molar-refractivity contribution in [2.24, 2.45) is 0 Å². The number of ether oxygens (including phenoxy) is 1. The molecule has 0 spiro atoms. The number of ketones is 1. The molecule has 0 saturated heterocycles. The van der Waals surface area contributed by atoms with Gasteiger partial charge < -0.3 is 10.1 Å². The Balaban J connectivity index is 1.34. The van der Waals surface area contributed by atoms with Gasteiger partial charge >= 0.3 is 5.97 Å². The zero-order valence-electron chi connectivity index (χ0n) is 17.3. The van der Waals surface area contributed by atoms with Crippen LogP contribution in [0.1, 0.15) is 29.6 Å². The summed E-state index contributed by atoms with van der Waals surface area (Å²) in [6, 6.07) is 24.5. The van der Waals surface area contributed by atoms with Crippen molar-refractivity contribution in [3.63, 3.8) is 0 Å². The lowest BCUT2D eigenvalue weighted by molar-refractivity contribution is -0.142. The van der Waals surface area contributed by atoms with Gasteiger partial charge in [0.1, 0.15) is 0 Å². The van der Waals surface area contributed by atoms with Gasteiger partial charge in [-0.2, -0.15) is 0 Å². The summed E-state index contributed by atoms with van der Waals surface area (Å²) in [6.45, 7) is -0.306. The van der Waals surface area contributed by atoms with Gasteiger partial charge in [0.15, 0.2) is 12.4 Å². The molecular formula is C25H22BrNO4S. The first-order valence-corrected chi connectivity index (χ1v) is 11.7. The van der Waals surface area contributed by atoms with E-state index in [1.807, 2.05) is 54.6 Å². The lowest BCUT2D eigenvalue weighted by atomic mass is 10.1. The van der Waals surface area contributed by atoms with Crippen LogP contribution < -0.4 is 5.32 Å². The quantitative estimate of drug-likeness (QED) is 0.261. The fourth-order valence-corrected chi connectivity index (χ4v) is 3.89. The van der Waals surface area contributed by atoms with E-state index in [0.29, 0.717) is 17.7 Å². The molecule has 0 aromatic heterocycles. The first-order chi connectivity index (χ1) is 15.5. The molecule has 3 aromatic carbocycles. The van der Waals surface area contributed by atoms with Crippen LogP contribution in [-0.2, 0) is 14.3 Å². The van der Waals surface area contributed by atoms with Gasteiger partial charge in [-0.1, -0.05) is 58.0 Å². The van der Waals surface area contributed by atoms with E-state index in [1.54, 1.807) is 36.0 Å². The maximum atomic E-state index is 12.1. The molecule has 3 aromatic rings. The summed E-state index contributed by atoms with van der Waals surface area (Å²) in [5, 5.41) is 2.82. The number of hydrogen-bond donors (Lipinski definition) is 1. The number of amides is 1. The van der Waals surface area contributed by atoms with Crippen molar-refractivity contribution in [2.75, 3.05) is 11.9 Å². The van der Waals surface area contributed by atoms with Crippen LogP contribution in [0.15, 0.2) is 93.1 Å². The Kier molecular flexibility index (Phi) is 9.07. The second kappa shape index (κ2) is 12.2. The summed E-state index contributed by atoms with van der Waals surface area (Å²) < 4.78 is 5.88. The molecule has 0 aliphatic rings. The Hall–Kier alpha value is -2.90. The molecule has 5 nitrogen and oxygen atoms in total. The van der Waals surface area contributed by atoms with Crippen LogP contribution in [0.3, 0.4) is 0 Å². The topological polar surface area (TPSA) is 72.5 Å². The summed E-state index contributed by atoms with van der Waals surface area (Å²) in [6.07, 6.45) is 0.614. The predicted molar refractivity (Wildman–Crippen MR) is 129 cm³/mol. The zero-order chi connectivity index (χ0) is 22.8. The van der Waals surface area contributed by atoms with Crippen LogP contribution in [0.5, 0.6) is 0 Å². The standard InChI is InChI=1S/C25H22BrNO4S/c26-19-11-9-18(10-12-19)23(28)17-31-25(30)8-4-7-24(29)27-20-13-15-22(16-14-20)32-21-5-2-1-3-6-21/h1-3,5-6,9-16H,4,7-8,17H2,(H,27,29). The Bertz CT molecular complexity index is 1050. The molecule has 1 N–H and O–H groups in total. The minimum absolute atomic E-state index is 0.0771. The second-order valence-corrected chi connectivity index (χ2v) is 8.99. The van der Waals surface area contributed by atoms with Crippen LogP contribution >= 0.6 is 27.7 Å². The average Bonchev–Trinajstić information content (AvgIpc) is 2.80. The Morgan fingerprint density at radius 1 is 0.812 bits per heavy atom. The number of carbonyl (C=O) groups excluding carboxylic acids is 3. The van der Waals surface area contributed by atoms with Crippen molar-refractivity contribution in [3.8, 4) is 0 Å². The van der Waals surface area contributed by atoms with Crippen LogP contribution in [0.4, 0.5) is 5.69 Å². The van der Waals surface area contributed by atoms with E-state index >= 15 is 0 Å². The van der Waals surface area contributed by atoms with Gasteiger partial charge in [-0.05, 0) is 55.0 Å². The molecule has 1 amide bonds. The van der Waals surface area contributed by atoms with Crippen LogP contribution in [-0.4, -0.2) is 24.3 Å². The molecule has 7 heteroatoms. The number of anilines is 1. The average molecular weight is 512 g/mol. The second-order valence-electron chi connectivity index (χ2n) is 6.93. The monoisotopic (exact) mass is 511 g/mol. The smallest absolute Gasteiger partial charge is 0.306 e. The molecular weight excluding hydrogens is 490 g/mol. The van der Waals surface area contributed by atoms with E-state index < -0.39 is 5.97 Å². The van der Waals surface area contributed by atoms with Gasteiger partial charge in [-0.25, -0.2) is 0 Å². The van der Waals surface area contributed by atoms with Crippen molar-refractivity contribution in [1.82, 2.24) is 0 Å². The van der Waals surface area contributed by atoms with E-state index in [9.17, 15) is 14.4 Å². The fraction of sp³-hybridized carbons (Fsp3) is 0.160. The Labute approximate surface area is 199 Å². The number of Topliss-reactive ketones (excluding diaryl/α,β-unsaturated/α-hetero) is 1. The number of esters is 1.